The minimum atomic E-state index is -0.393. The first kappa shape index (κ1) is 17.5. The number of fused-ring (bicyclic) bond motifs is 1. The van der Waals surface area contributed by atoms with Crippen molar-refractivity contribution in [3.8, 4) is 5.69 Å². The average Bonchev–Trinajstić information content (AvgIpc) is 3.49. The highest BCUT2D eigenvalue weighted by Crippen LogP contribution is 2.41. The molecule has 0 radical (unpaired) electrons. The van der Waals surface area contributed by atoms with Crippen LogP contribution in [0.2, 0.25) is 0 Å². The van der Waals surface area contributed by atoms with Gasteiger partial charge in [-0.1, -0.05) is 30.3 Å². The van der Waals surface area contributed by atoms with Crippen molar-refractivity contribution in [3.63, 3.8) is 0 Å². The largest absolute Gasteiger partial charge is 0.293 e. The predicted molar refractivity (Wildman–Crippen MR) is 106 cm³/mol. The Labute approximate surface area is 165 Å². The Kier molecular flexibility index (Phi) is 4.08. The van der Waals surface area contributed by atoms with Crippen molar-refractivity contribution in [2.75, 3.05) is 0 Å². The van der Waals surface area contributed by atoms with Gasteiger partial charge in [0, 0.05) is 16.9 Å². The van der Waals surface area contributed by atoms with Crippen LogP contribution in [0.3, 0.4) is 0 Å². The van der Waals surface area contributed by atoms with Gasteiger partial charge in [0.25, 0.3) is 5.56 Å². The molecule has 1 saturated carbocycles. The fourth-order valence-electron chi connectivity index (χ4n) is 3.49. The van der Waals surface area contributed by atoms with E-state index in [-0.39, 0.29) is 24.1 Å². The standard InChI is InChI=1S/C22H17FN4O2/c23-16-8-10-17(11-9-16)27-21-18(12-24-27)20(15-6-7-15)25-26(22(21)29)13-19(28)14-4-2-1-3-5-14/h1-5,8-12,15H,6-7,13H2. The molecule has 6 nitrogen and oxygen atoms in total. The quantitative estimate of drug-likeness (QED) is 0.491. The van der Waals surface area contributed by atoms with Crippen molar-refractivity contribution in [1.82, 2.24) is 19.6 Å². The summed E-state index contributed by atoms with van der Waals surface area (Å²) < 4.78 is 16.0. The number of carbonyl (C=O) groups excluding carboxylic acids is 1. The first-order valence-corrected chi connectivity index (χ1v) is 9.45. The molecule has 0 atom stereocenters. The minimum absolute atomic E-state index is 0.146. The Morgan fingerprint density at radius 3 is 2.48 bits per heavy atom. The van der Waals surface area contributed by atoms with E-state index in [2.05, 4.69) is 10.2 Å². The normalized spacial score (nSPS) is 13.7. The van der Waals surface area contributed by atoms with Gasteiger partial charge in [0.1, 0.15) is 17.9 Å². The Morgan fingerprint density at radius 1 is 1.07 bits per heavy atom. The summed E-state index contributed by atoms with van der Waals surface area (Å²) in [7, 11) is 0. The molecule has 2 aromatic heterocycles. The minimum Gasteiger partial charge on any atom is -0.292 e. The number of Topliss-reactive ketones (excluding diaryl/α,β-unsaturated/α-hetero) is 1. The van der Waals surface area contributed by atoms with E-state index in [9.17, 15) is 14.0 Å². The zero-order valence-electron chi connectivity index (χ0n) is 15.5. The number of halogens is 1. The van der Waals surface area contributed by atoms with Crippen molar-refractivity contribution in [2.45, 2.75) is 25.3 Å². The molecule has 0 unspecified atom stereocenters. The summed E-state index contributed by atoms with van der Waals surface area (Å²) in [5, 5.41) is 9.57. The van der Waals surface area contributed by atoms with Crippen molar-refractivity contribution >= 4 is 16.7 Å². The summed E-state index contributed by atoms with van der Waals surface area (Å²) in [5.74, 6) is -0.285. The molecular weight excluding hydrogens is 371 g/mol. The number of nitrogens with zero attached hydrogens (tertiary/aromatic N) is 4. The van der Waals surface area contributed by atoms with Crippen LogP contribution in [-0.4, -0.2) is 25.3 Å². The molecule has 0 spiro atoms. The second-order valence-electron chi connectivity index (χ2n) is 7.21. The predicted octanol–water partition coefficient (Wildman–Crippen LogP) is 3.48. The van der Waals surface area contributed by atoms with E-state index >= 15 is 0 Å². The van der Waals surface area contributed by atoms with Gasteiger partial charge in [0.15, 0.2) is 5.78 Å². The fourth-order valence-corrected chi connectivity index (χ4v) is 3.49. The van der Waals surface area contributed by atoms with Gasteiger partial charge < -0.3 is 0 Å². The van der Waals surface area contributed by atoms with E-state index in [4.69, 9.17) is 0 Å². The summed E-state index contributed by atoms with van der Waals surface area (Å²) in [6, 6.07) is 14.6. The second kappa shape index (κ2) is 6.77. The van der Waals surface area contributed by atoms with E-state index in [1.807, 2.05) is 6.07 Å². The van der Waals surface area contributed by atoms with Crippen LogP contribution in [0.15, 0.2) is 65.6 Å². The van der Waals surface area contributed by atoms with Gasteiger partial charge in [-0.05, 0) is 37.1 Å². The van der Waals surface area contributed by atoms with Gasteiger partial charge in [-0.25, -0.2) is 13.8 Å². The summed E-state index contributed by atoms with van der Waals surface area (Å²) in [6.45, 7) is -0.146. The lowest BCUT2D eigenvalue weighted by Crippen LogP contribution is -2.29. The summed E-state index contributed by atoms with van der Waals surface area (Å²) >= 11 is 0. The molecule has 2 heterocycles. The fraction of sp³-hybridized carbons (Fsp3) is 0.182. The molecular formula is C22H17FN4O2. The van der Waals surface area contributed by atoms with Crippen LogP contribution in [0.25, 0.3) is 16.6 Å². The maximum Gasteiger partial charge on any atom is 0.293 e. The molecule has 5 rings (SSSR count). The van der Waals surface area contributed by atoms with Crippen molar-refractivity contribution < 1.29 is 9.18 Å². The first-order chi connectivity index (χ1) is 14.1. The van der Waals surface area contributed by atoms with Gasteiger partial charge in [-0.15, -0.1) is 0 Å². The van der Waals surface area contributed by atoms with Crippen LogP contribution in [0.1, 0.15) is 34.8 Å². The Balaban J connectivity index is 1.66. The summed E-state index contributed by atoms with van der Waals surface area (Å²) in [4.78, 5) is 25.9. The monoisotopic (exact) mass is 388 g/mol. The number of hydrogen-bond acceptors (Lipinski definition) is 4. The van der Waals surface area contributed by atoms with E-state index in [0.29, 0.717) is 22.2 Å². The number of aromatic nitrogens is 4. The molecule has 0 aliphatic heterocycles. The molecule has 1 aliphatic carbocycles. The second-order valence-corrected chi connectivity index (χ2v) is 7.21. The van der Waals surface area contributed by atoms with E-state index in [1.165, 1.54) is 21.5 Å². The number of hydrogen-bond donors (Lipinski definition) is 0. The zero-order valence-corrected chi connectivity index (χ0v) is 15.5. The molecule has 2 aromatic carbocycles. The third-order valence-corrected chi connectivity index (χ3v) is 5.14. The molecule has 0 bridgehead atoms. The molecule has 0 saturated heterocycles. The van der Waals surface area contributed by atoms with Crippen LogP contribution >= 0.6 is 0 Å². The van der Waals surface area contributed by atoms with Gasteiger partial charge in [0.2, 0.25) is 0 Å². The van der Waals surface area contributed by atoms with Crippen LogP contribution < -0.4 is 5.56 Å². The summed E-state index contributed by atoms with van der Waals surface area (Å²) in [6.07, 6.45) is 3.62. The van der Waals surface area contributed by atoms with Gasteiger partial charge in [-0.3, -0.25) is 9.59 Å². The molecule has 0 N–H and O–H groups in total. The smallest absolute Gasteiger partial charge is 0.292 e. The number of carbonyl (C=O) groups is 1. The molecule has 4 aromatic rings. The number of benzene rings is 2. The average molecular weight is 388 g/mol. The molecule has 29 heavy (non-hydrogen) atoms. The number of rotatable bonds is 5. The SMILES string of the molecule is O=C(Cn1nc(C2CC2)c2cnn(-c3ccc(F)cc3)c2c1=O)c1ccccc1. The molecule has 144 valence electrons. The van der Waals surface area contributed by atoms with Crippen LogP contribution in [-0.2, 0) is 6.54 Å². The van der Waals surface area contributed by atoms with Crippen molar-refractivity contribution in [2.24, 2.45) is 0 Å². The van der Waals surface area contributed by atoms with E-state index in [0.717, 1.165) is 18.5 Å². The first-order valence-electron chi connectivity index (χ1n) is 9.45. The lowest BCUT2D eigenvalue weighted by molar-refractivity contribution is 0.0965. The molecule has 0 amide bonds. The Hall–Kier alpha value is -3.61. The topological polar surface area (TPSA) is 69.8 Å². The molecule has 1 aliphatic rings. The van der Waals surface area contributed by atoms with Crippen LogP contribution in [0.4, 0.5) is 4.39 Å². The molecule has 7 heteroatoms. The van der Waals surface area contributed by atoms with Crippen LogP contribution in [0.5, 0.6) is 0 Å². The highest BCUT2D eigenvalue weighted by Gasteiger charge is 2.30. The number of ketones is 1. The third kappa shape index (κ3) is 3.14. The third-order valence-electron chi connectivity index (χ3n) is 5.14. The maximum atomic E-state index is 13.3. The van der Waals surface area contributed by atoms with E-state index in [1.54, 1.807) is 42.6 Å². The Bertz CT molecular complexity index is 1270. The van der Waals surface area contributed by atoms with E-state index < -0.39 is 5.56 Å². The maximum absolute atomic E-state index is 13.3. The summed E-state index contributed by atoms with van der Waals surface area (Å²) in [5.41, 5.74) is 1.85. The van der Waals surface area contributed by atoms with Gasteiger partial charge in [0.05, 0.1) is 17.6 Å². The van der Waals surface area contributed by atoms with Crippen molar-refractivity contribution in [1.29, 1.82) is 0 Å². The van der Waals surface area contributed by atoms with Crippen molar-refractivity contribution in [3.05, 3.63) is 88.2 Å². The lowest BCUT2D eigenvalue weighted by atomic mass is 10.1. The van der Waals surface area contributed by atoms with Crippen LogP contribution in [0, 0.1) is 5.82 Å². The highest BCUT2D eigenvalue weighted by molar-refractivity contribution is 5.96. The molecule has 1 fully saturated rings. The highest BCUT2D eigenvalue weighted by atomic mass is 19.1. The van der Waals surface area contributed by atoms with Gasteiger partial charge >= 0.3 is 0 Å². The van der Waals surface area contributed by atoms with Gasteiger partial charge in [-0.2, -0.15) is 10.2 Å². The Morgan fingerprint density at radius 2 is 1.79 bits per heavy atom. The zero-order chi connectivity index (χ0) is 20.0. The lowest BCUT2D eigenvalue weighted by Gasteiger charge is -2.10.